The molecule has 1 saturated heterocycles. The zero-order chi connectivity index (χ0) is 12.9. The van der Waals surface area contributed by atoms with Crippen LogP contribution < -0.4 is 5.73 Å². The summed E-state index contributed by atoms with van der Waals surface area (Å²) in [4.78, 5) is 24.5. The first-order valence-electron chi connectivity index (χ1n) is 6.78. The minimum atomic E-state index is -1.48. The van der Waals surface area contributed by atoms with Crippen molar-refractivity contribution in [3.8, 4) is 0 Å². The number of aliphatic hydroxyl groups is 1. The van der Waals surface area contributed by atoms with E-state index in [1.54, 1.807) is 4.90 Å². The van der Waals surface area contributed by atoms with E-state index in [1.807, 2.05) is 0 Å². The molecule has 3 rings (SSSR count). The molecule has 3 N–H and O–H groups in total. The van der Waals surface area contributed by atoms with Crippen molar-refractivity contribution in [2.24, 2.45) is 23.5 Å². The van der Waals surface area contributed by atoms with Crippen molar-refractivity contribution >= 4 is 11.8 Å². The first-order valence-corrected chi connectivity index (χ1v) is 6.78. The van der Waals surface area contributed by atoms with E-state index in [0.29, 0.717) is 12.3 Å². The topological polar surface area (TPSA) is 83.6 Å². The van der Waals surface area contributed by atoms with Gasteiger partial charge in [0.1, 0.15) is 0 Å². The molecule has 0 aromatic rings. The highest BCUT2D eigenvalue weighted by atomic mass is 16.3. The van der Waals surface area contributed by atoms with Gasteiger partial charge < -0.3 is 15.7 Å². The summed E-state index contributed by atoms with van der Waals surface area (Å²) in [5.41, 5.74) is 3.60. The Kier molecular flexibility index (Phi) is 2.62. The van der Waals surface area contributed by atoms with Crippen LogP contribution in [0.15, 0.2) is 0 Å². The molecular weight excluding hydrogens is 232 g/mol. The molecule has 2 amide bonds. The third kappa shape index (κ3) is 1.81. The monoisotopic (exact) mass is 252 g/mol. The van der Waals surface area contributed by atoms with Crippen LogP contribution in [0.4, 0.5) is 0 Å². The van der Waals surface area contributed by atoms with Gasteiger partial charge in [0.2, 0.25) is 5.91 Å². The second-order valence-electron chi connectivity index (χ2n) is 6.28. The van der Waals surface area contributed by atoms with Crippen molar-refractivity contribution in [2.75, 3.05) is 13.1 Å². The lowest BCUT2D eigenvalue weighted by molar-refractivity contribution is -0.166. The maximum absolute atomic E-state index is 12.0. The SMILES string of the molecule is NC(=O)C1(O)CN(C(=O)CC2CC3CCC2C3)C1. The number of carbonyl (C=O) groups excluding carboxylic acids is 2. The average molecular weight is 252 g/mol. The smallest absolute Gasteiger partial charge is 0.253 e. The minimum absolute atomic E-state index is 0.0680. The molecule has 0 spiro atoms. The molecule has 1 aliphatic heterocycles. The normalized spacial score (nSPS) is 36.5. The van der Waals surface area contributed by atoms with E-state index < -0.39 is 11.5 Å². The summed E-state index contributed by atoms with van der Waals surface area (Å²) in [6, 6.07) is 0. The first-order chi connectivity index (χ1) is 8.48. The van der Waals surface area contributed by atoms with E-state index in [1.165, 1.54) is 25.7 Å². The lowest BCUT2D eigenvalue weighted by Crippen LogP contribution is -2.69. The summed E-state index contributed by atoms with van der Waals surface area (Å²) in [6.07, 6.45) is 5.66. The molecule has 3 unspecified atom stereocenters. The molecule has 100 valence electrons. The van der Waals surface area contributed by atoms with Crippen molar-refractivity contribution in [1.82, 2.24) is 4.90 Å². The first kappa shape index (κ1) is 12.0. The Labute approximate surface area is 106 Å². The molecule has 3 aliphatic rings. The summed E-state index contributed by atoms with van der Waals surface area (Å²) < 4.78 is 0. The van der Waals surface area contributed by atoms with Crippen LogP contribution in [0.1, 0.15) is 32.1 Å². The molecule has 1 heterocycles. The summed E-state index contributed by atoms with van der Waals surface area (Å²) in [6.45, 7) is 0.143. The van der Waals surface area contributed by atoms with Gasteiger partial charge in [-0.05, 0) is 37.0 Å². The van der Waals surface area contributed by atoms with Gasteiger partial charge in [-0.2, -0.15) is 0 Å². The Morgan fingerprint density at radius 1 is 1.28 bits per heavy atom. The van der Waals surface area contributed by atoms with Gasteiger partial charge in [-0.3, -0.25) is 9.59 Å². The third-order valence-electron chi connectivity index (χ3n) is 5.04. The number of nitrogens with two attached hydrogens (primary N) is 1. The number of likely N-dealkylation sites (tertiary alicyclic amines) is 1. The van der Waals surface area contributed by atoms with Crippen molar-refractivity contribution in [1.29, 1.82) is 0 Å². The van der Waals surface area contributed by atoms with Gasteiger partial charge in [0.05, 0.1) is 13.1 Å². The predicted octanol–water partition coefficient (Wildman–Crippen LogP) is -0.129. The number of primary amides is 1. The fraction of sp³-hybridized carbons (Fsp3) is 0.846. The predicted molar refractivity (Wildman–Crippen MR) is 64.3 cm³/mol. The van der Waals surface area contributed by atoms with Crippen LogP contribution in [-0.2, 0) is 9.59 Å². The van der Waals surface area contributed by atoms with Crippen molar-refractivity contribution < 1.29 is 14.7 Å². The number of fused-ring (bicyclic) bond motifs is 2. The van der Waals surface area contributed by atoms with E-state index in [4.69, 9.17) is 5.73 Å². The molecule has 3 atom stereocenters. The average Bonchev–Trinajstić information content (AvgIpc) is 2.85. The van der Waals surface area contributed by atoms with Gasteiger partial charge in [-0.15, -0.1) is 0 Å². The van der Waals surface area contributed by atoms with E-state index >= 15 is 0 Å². The van der Waals surface area contributed by atoms with Crippen LogP contribution in [-0.4, -0.2) is 40.5 Å². The highest BCUT2D eigenvalue weighted by molar-refractivity contribution is 5.88. The number of rotatable bonds is 3. The summed E-state index contributed by atoms with van der Waals surface area (Å²) in [7, 11) is 0. The van der Waals surface area contributed by atoms with Crippen molar-refractivity contribution in [3.05, 3.63) is 0 Å². The van der Waals surface area contributed by atoms with Gasteiger partial charge in [0.15, 0.2) is 5.60 Å². The molecule has 0 radical (unpaired) electrons. The Bertz CT molecular complexity index is 390. The van der Waals surface area contributed by atoms with Crippen LogP contribution in [0.25, 0.3) is 0 Å². The van der Waals surface area contributed by atoms with Crippen LogP contribution in [0.5, 0.6) is 0 Å². The number of amides is 2. The van der Waals surface area contributed by atoms with E-state index in [0.717, 1.165) is 11.8 Å². The zero-order valence-electron chi connectivity index (χ0n) is 10.5. The van der Waals surface area contributed by atoms with E-state index in [9.17, 15) is 14.7 Å². The molecule has 18 heavy (non-hydrogen) atoms. The van der Waals surface area contributed by atoms with Crippen molar-refractivity contribution in [2.45, 2.75) is 37.7 Å². The number of nitrogens with zero attached hydrogens (tertiary/aromatic N) is 1. The Balaban J connectivity index is 1.51. The van der Waals surface area contributed by atoms with Crippen molar-refractivity contribution in [3.63, 3.8) is 0 Å². The lowest BCUT2D eigenvalue weighted by atomic mass is 9.85. The Morgan fingerprint density at radius 2 is 2.00 bits per heavy atom. The standard InChI is InChI=1S/C13H20N2O3/c14-12(17)13(18)6-15(7-13)11(16)5-10-4-8-1-2-9(10)3-8/h8-10,18H,1-7H2,(H2,14,17). The highest BCUT2D eigenvalue weighted by Crippen LogP contribution is 2.49. The number of hydrogen-bond acceptors (Lipinski definition) is 3. The highest BCUT2D eigenvalue weighted by Gasteiger charge is 2.49. The quantitative estimate of drug-likeness (QED) is 0.734. The largest absolute Gasteiger partial charge is 0.377 e. The molecule has 5 heteroatoms. The number of hydrogen-bond donors (Lipinski definition) is 2. The van der Waals surface area contributed by atoms with Crippen LogP contribution >= 0.6 is 0 Å². The van der Waals surface area contributed by atoms with E-state index in [-0.39, 0.29) is 19.0 Å². The lowest BCUT2D eigenvalue weighted by Gasteiger charge is -2.44. The molecule has 0 aromatic heterocycles. The molecular formula is C13H20N2O3. The van der Waals surface area contributed by atoms with Crippen LogP contribution in [0.3, 0.4) is 0 Å². The fourth-order valence-corrected chi connectivity index (χ4v) is 3.90. The maximum atomic E-state index is 12.0. The fourth-order valence-electron chi connectivity index (χ4n) is 3.90. The van der Waals surface area contributed by atoms with Crippen LogP contribution in [0.2, 0.25) is 0 Å². The molecule has 2 saturated carbocycles. The summed E-state index contributed by atoms with van der Waals surface area (Å²) in [5, 5.41) is 9.70. The second-order valence-corrected chi connectivity index (χ2v) is 6.28. The molecule has 0 aromatic carbocycles. The summed E-state index contributed by atoms with van der Waals surface area (Å²) >= 11 is 0. The molecule has 5 nitrogen and oxygen atoms in total. The van der Waals surface area contributed by atoms with Gasteiger partial charge >= 0.3 is 0 Å². The van der Waals surface area contributed by atoms with Gasteiger partial charge in [0.25, 0.3) is 5.91 Å². The molecule has 2 aliphatic carbocycles. The van der Waals surface area contributed by atoms with Gasteiger partial charge in [0, 0.05) is 6.42 Å². The summed E-state index contributed by atoms with van der Waals surface area (Å²) in [5.74, 6) is 1.44. The number of β-amino-alcohol motifs (C(OH)–C–C–N with tert-alkyl or cyclic N) is 1. The third-order valence-corrected chi connectivity index (χ3v) is 5.04. The molecule has 2 bridgehead atoms. The van der Waals surface area contributed by atoms with Gasteiger partial charge in [-0.25, -0.2) is 0 Å². The second kappa shape index (κ2) is 3.95. The number of carbonyl (C=O) groups is 2. The van der Waals surface area contributed by atoms with Gasteiger partial charge in [-0.1, -0.05) is 6.42 Å². The minimum Gasteiger partial charge on any atom is -0.377 e. The Hall–Kier alpha value is -1.10. The van der Waals surface area contributed by atoms with E-state index in [2.05, 4.69) is 0 Å². The molecule has 3 fully saturated rings. The van der Waals surface area contributed by atoms with Crippen LogP contribution in [0, 0.1) is 17.8 Å². The zero-order valence-corrected chi connectivity index (χ0v) is 10.5. The Morgan fingerprint density at radius 3 is 2.50 bits per heavy atom. The maximum Gasteiger partial charge on any atom is 0.253 e.